The van der Waals surface area contributed by atoms with Gasteiger partial charge in [-0.25, -0.2) is 0 Å². The van der Waals surface area contributed by atoms with Gasteiger partial charge in [0.05, 0.1) is 0 Å². The third kappa shape index (κ3) is 4.44. The second-order valence-corrected chi connectivity index (χ2v) is 10.6. The third-order valence-corrected chi connectivity index (χ3v) is 8.19. The molecule has 0 aliphatic carbocycles. The lowest BCUT2D eigenvalue weighted by Crippen LogP contribution is -1.91. The largest absolute Gasteiger partial charge is 0.0990 e. The van der Waals surface area contributed by atoms with Crippen LogP contribution in [0.5, 0.6) is 0 Å². The van der Waals surface area contributed by atoms with Crippen LogP contribution >= 0.6 is 0 Å². The molecule has 198 valence electrons. The highest BCUT2D eigenvalue weighted by Crippen LogP contribution is 2.44. The number of fused-ring (bicyclic) bond motifs is 3. The third-order valence-electron chi connectivity index (χ3n) is 8.19. The zero-order valence-electron chi connectivity index (χ0n) is 23.4. The molecule has 0 spiro atoms. The molecule has 42 heavy (non-hydrogen) atoms. The minimum atomic E-state index is 1.06. The zero-order valence-corrected chi connectivity index (χ0v) is 23.4. The van der Waals surface area contributed by atoms with Crippen LogP contribution in [0.2, 0.25) is 0 Å². The summed E-state index contributed by atoms with van der Waals surface area (Å²) in [5.41, 5.74) is 9.57. The van der Waals surface area contributed by atoms with Crippen LogP contribution in [0.15, 0.2) is 171 Å². The summed E-state index contributed by atoms with van der Waals surface area (Å²) in [6, 6.07) is 50.6. The minimum absolute atomic E-state index is 1.06. The fraction of sp³-hybridized carbons (Fsp3) is 0. The van der Waals surface area contributed by atoms with E-state index in [4.69, 9.17) is 0 Å². The van der Waals surface area contributed by atoms with Gasteiger partial charge < -0.3 is 0 Å². The van der Waals surface area contributed by atoms with Gasteiger partial charge in [-0.05, 0) is 89.0 Å². The van der Waals surface area contributed by atoms with Gasteiger partial charge in [-0.1, -0.05) is 159 Å². The Kier molecular flexibility index (Phi) is 6.58. The van der Waals surface area contributed by atoms with Crippen molar-refractivity contribution in [3.05, 3.63) is 176 Å². The van der Waals surface area contributed by atoms with E-state index in [9.17, 15) is 0 Å². The lowest BCUT2D eigenvalue weighted by Gasteiger charge is -2.18. The molecule has 0 aliphatic heterocycles. The maximum absolute atomic E-state index is 4.03. The first-order valence-electron chi connectivity index (χ1n) is 14.3. The first-order chi connectivity index (χ1) is 20.7. The highest BCUT2D eigenvalue weighted by molar-refractivity contribution is 6.21. The second-order valence-electron chi connectivity index (χ2n) is 10.6. The number of benzene rings is 7. The van der Waals surface area contributed by atoms with E-state index in [-0.39, 0.29) is 0 Å². The normalized spacial score (nSPS) is 11.7. The van der Waals surface area contributed by atoms with Crippen molar-refractivity contribution in [3.8, 4) is 33.4 Å². The second kappa shape index (κ2) is 10.8. The number of hydrogen-bond acceptors (Lipinski definition) is 0. The Morgan fingerprint density at radius 3 is 1.60 bits per heavy atom. The Hall–Kier alpha value is -5.46. The van der Waals surface area contributed by atoms with E-state index in [0.717, 1.165) is 11.1 Å². The van der Waals surface area contributed by atoms with Crippen LogP contribution in [0.3, 0.4) is 0 Å². The van der Waals surface area contributed by atoms with Crippen molar-refractivity contribution in [3.63, 3.8) is 0 Å². The van der Waals surface area contributed by atoms with Gasteiger partial charge in [-0.2, -0.15) is 0 Å². The Balaban J connectivity index is 1.42. The smallest absolute Gasteiger partial charge is 0.00262 e. The molecule has 0 amide bonds. The van der Waals surface area contributed by atoms with Gasteiger partial charge >= 0.3 is 0 Å². The Labute approximate surface area is 247 Å². The van der Waals surface area contributed by atoms with Crippen LogP contribution in [-0.2, 0) is 0 Å². The van der Waals surface area contributed by atoms with Crippen molar-refractivity contribution >= 4 is 37.9 Å². The standard InChI is InChI=1S/C42H30/c1-3-12-29(4-2)33-15-11-16-36(28-33)42-39-19-9-7-17-37(39)41(38-18-8-10-20-40(38)42)32-24-21-31(22-25-32)35-26-23-30-13-5-6-14-34(30)27-35/h3-28H,1-2H2/b29-12+. The number of hydrogen-bond donors (Lipinski definition) is 0. The molecule has 0 fully saturated rings. The SMILES string of the molecule is C=C/C=C(\C=C)c1cccc(-c2c3ccccc3c(-c3ccc(-c4ccc5ccccc5c4)cc3)c3ccccc23)c1. The molecule has 0 N–H and O–H groups in total. The van der Waals surface area contributed by atoms with Crippen LogP contribution in [0.25, 0.3) is 71.3 Å². The molecule has 7 aromatic carbocycles. The van der Waals surface area contributed by atoms with Gasteiger partial charge in [-0.15, -0.1) is 0 Å². The van der Waals surface area contributed by atoms with Gasteiger partial charge in [0.2, 0.25) is 0 Å². The molecule has 0 aromatic heterocycles. The predicted octanol–water partition coefficient (Wildman–Crippen LogP) is 11.9. The van der Waals surface area contributed by atoms with E-state index in [0.29, 0.717) is 0 Å². The summed E-state index contributed by atoms with van der Waals surface area (Å²) in [6.45, 7) is 7.91. The topological polar surface area (TPSA) is 0 Å². The summed E-state index contributed by atoms with van der Waals surface area (Å²) in [4.78, 5) is 0. The number of rotatable bonds is 6. The van der Waals surface area contributed by atoms with Gasteiger partial charge in [0, 0.05) is 0 Å². The van der Waals surface area contributed by atoms with Gasteiger partial charge in [-0.3, -0.25) is 0 Å². The first-order valence-corrected chi connectivity index (χ1v) is 14.3. The van der Waals surface area contributed by atoms with Crippen molar-refractivity contribution in [1.82, 2.24) is 0 Å². The summed E-state index contributed by atoms with van der Waals surface area (Å²) >= 11 is 0. The summed E-state index contributed by atoms with van der Waals surface area (Å²) in [5, 5.41) is 7.51. The molecule has 0 heteroatoms. The molecule has 0 aliphatic rings. The molecule has 0 saturated carbocycles. The summed E-state index contributed by atoms with van der Waals surface area (Å²) in [5.74, 6) is 0. The monoisotopic (exact) mass is 534 g/mol. The summed E-state index contributed by atoms with van der Waals surface area (Å²) in [6.07, 6.45) is 5.71. The molecule has 0 atom stereocenters. The fourth-order valence-electron chi connectivity index (χ4n) is 6.21. The van der Waals surface area contributed by atoms with Gasteiger partial charge in [0.15, 0.2) is 0 Å². The molecule has 0 heterocycles. The zero-order chi connectivity index (χ0) is 28.5. The average Bonchev–Trinajstić information content (AvgIpc) is 3.06. The first kappa shape index (κ1) is 25.5. The Morgan fingerprint density at radius 1 is 0.429 bits per heavy atom. The van der Waals surface area contributed by atoms with Crippen molar-refractivity contribution in [2.75, 3.05) is 0 Å². The van der Waals surface area contributed by atoms with Crippen LogP contribution in [0.4, 0.5) is 0 Å². The molecule has 0 unspecified atom stereocenters. The quantitative estimate of drug-likeness (QED) is 0.147. The van der Waals surface area contributed by atoms with E-state index in [1.54, 1.807) is 0 Å². The highest BCUT2D eigenvalue weighted by Gasteiger charge is 2.17. The van der Waals surface area contributed by atoms with Crippen LogP contribution in [0, 0.1) is 0 Å². The molecule has 0 nitrogen and oxygen atoms in total. The van der Waals surface area contributed by atoms with Crippen molar-refractivity contribution in [2.45, 2.75) is 0 Å². The molecule has 0 bridgehead atoms. The molecule has 7 rings (SSSR count). The molecular formula is C42H30. The van der Waals surface area contributed by atoms with Crippen molar-refractivity contribution < 1.29 is 0 Å². The van der Waals surface area contributed by atoms with E-state index in [1.807, 2.05) is 18.2 Å². The lowest BCUT2D eigenvalue weighted by molar-refractivity contribution is 1.60. The maximum Gasteiger partial charge on any atom is -0.00262 e. The molecule has 0 radical (unpaired) electrons. The molecule has 0 saturated heterocycles. The average molecular weight is 535 g/mol. The predicted molar refractivity (Wildman–Crippen MR) is 184 cm³/mol. The van der Waals surface area contributed by atoms with Gasteiger partial charge in [0.25, 0.3) is 0 Å². The van der Waals surface area contributed by atoms with Crippen LogP contribution in [-0.4, -0.2) is 0 Å². The maximum atomic E-state index is 4.03. The fourth-order valence-corrected chi connectivity index (χ4v) is 6.21. The van der Waals surface area contributed by atoms with Gasteiger partial charge in [0.1, 0.15) is 0 Å². The van der Waals surface area contributed by atoms with Crippen LogP contribution in [0.1, 0.15) is 5.56 Å². The highest BCUT2D eigenvalue weighted by atomic mass is 14.2. The lowest BCUT2D eigenvalue weighted by atomic mass is 9.85. The molecule has 7 aromatic rings. The van der Waals surface area contributed by atoms with E-state index in [2.05, 4.69) is 153 Å². The minimum Gasteiger partial charge on any atom is -0.0990 e. The number of allylic oxidation sites excluding steroid dienone is 4. The van der Waals surface area contributed by atoms with Crippen LogP contribution < -0.4 is 0 Å². The Morgan fingerprint density at radius 2 is 0.976 bits per heavy atom. The summed E-state index contributed by atoms with van der Waals surface area (Å²) < 4.78 is 0. The molecular weight excluding hydrogens is 504 g/mol. The van der Waals surface area contributed by atoms with E-state index >= 15 is 0 Å². The van der Waals surface area contributed by atoms with E-state index < -0.39 is 0 Å². The summed E-state index contributed by atoms with van der Waals surface area (Å²) in [7, 11) is 0. The van der Waals surface area contributed by atoms with Crippen molar-refractivity contribution in [2.24, 2.45) is 0 Å². The van der Waals surface area contributed by atoms with Crippen molar-refractivity contribution in [1.29, 1.82) is 0 Å². The Bertz CT molecular complexity index is 2100. The van der Waals surface area contributed by atoms with E-state index in [1.165, 1.54) is 65.7 Å².